The molecule has 0 aliphatic heterocycles. The summed E-state index contributed by atoms with van der Waals surface area (Å²) in [6.45, 7) is 0. The van der Waals surface area contributed by atoms with Crippen LogP contribution in [0, 0.1) is 0 Å². The van der Waals surface area contributed by atoms with Crippen LogP contribution >= 0.6 is 69.8 Å². The van der Waals surface area contributed by atoms with E-state index < -0.39 is 0 Å². The fraction of sp³-hybridized carbons (Fsp3) is 0.176. The zero-order valence-electron chi connectivity index (χ0n) is 14.5. The zero-order chi connectivity index (χ0) is 20.8. The molecule has 150 valence electrons. The van der Waals surface area contributed by atoms with Crippen molar-refractivity contribution < 1.29 is 14.3 Å². The average molecular weight is 503 g/mol. The summed E-state index contributed by atoms with van der Waals surface area (Å²) >= 11 is 31.3. The minimum Gasteiger partial charge on any atom is -0.493 e. The van der Waals surface area contributed by atoms with Crippen LogP contribution in [0.4, 0.5) is 0 Å². The Morgan fingerprint density at radius 1 is 1.00 bits per heavy atom. The molecule has 0 fully saturated rings. The van der Waals surface area contributed by atoms with Crippen LogP contribution in [-0.4, -0.2) is 32.1 Å². The number of thioether (sulfide) groups is 1. The third kappa shape index (κ3) is 5.53. The Morgan fingerprint density at radius 2 is 1.57 bits per heavy atom. The van der Waals surface area contributed by atoms with Gasteiger partial charge in [0.1, 0.15) is 0 Å². The molecule has 0 saturated heterocycles. The lowest BCUT2D eigenvalue weighted by Crippen LogP contribution is -2.19. The van der Waals surface area contributed by atoms with Crippen LogP contribution < -0.4 is 14.9 Å². The lowest BCUT2D eigenvalue weighted by atomic mass is 10.2. The molecule has 2 aromatic carbocycles. The molecule has 0 spiro atoms. The Hall–Kier alpha value is -1.02. The number of rotatable bonds is 7. The number of hydrazone groups is 1. The molecule has 2 rings (SSSR count). The highest BCUT2D eigenvalue weighted by molar-refractivity contribution is 8.00. The van der Waals surface area contributed by atoms with Gasteiger partial charge in [-0.3, -0.25) is 4.79 Å². The van der Waals surface area contributed by atoms with Crippen LogP contribution in [0.5, 0.6) is 11.5 Å². The highest BCUT2D eigenvalue weighted by Crippen LogP contribution is 2.47. The highest BCUT2D eigenvalue weighted by atomic mass is 35.5. The number of nitrogens with one attached hydrogen (secondary N) is 1. The van der Waals surface area contributed by atoms with Gasteiger partial charge in [0.05, 0.1) is 51.3 Å². The molecule has 5 nitrogen and oxygen atoms in total. The van der Waals surface area contributed by atoms with Crippen molar-refractivity contribution in [2.24, 2.45) is 5.10 Å². The summed E-state index contributed by atoms with van der Waals surface area (Å²) in [7, 11) is 3.08. The van der Waals surface area contributed by atoms with E-state index in [0.717, 1.165) is 11.8 Å². The fourth-order valence-electron chi connectivity index (χ4n) is 1.99. The second-order valence-corrected chi connectivity index (χ2v) is 7.97. The standard InChI is InChI=1S/C17H13Cl5N2O3S/c1-26-9-4-3-8(5-10(9)27-2)6-23-24-11(25)7-28-17-15(21)13(19)12(18)14(20)16(17)22/h3-6H,7H2,1-2H3,(H,24,25)/b23-6-. The van der Waals surface area contributed by atoms with Gasteiger partial charge in [-0.2, -0.15) is 5.10 Å². The molecule has 0 aliphatic carbocycles. The van der Waals surface area contributed by atoms with E-state index in [1.54, 1.807) is 25.3 Å². The van der Waals surface area contributed by atoms with E-state index in [-0.39, 0.29) is 36.8 Å². The Bertz CT molecular complexity index is 895. The Kier molecular flexibility index (Phi) is 8.86. The van der Waals surface area contributed by atoms with Crippen LogP contribution in [0.1, 0.15) is 5.56 Å². The fourth-order valence-corrected chi connectivity index (χ4v) is 4.37. The summed E-state index contributed by atoms with van der Waals surface area (Å²) in [6.07, 6.45) is 1.47. The van der Waals surface area contributed by atoms with Crippen LogP contribution in [0.15, 0.2) is 28.2 Å². The van der Waals surface area contributed by atoms with E-state index in [2.05, 4.69) is 10.5 Å². The first kappa shape index (κ1) is 23.3. The van der Waals surface area contributed by atoms with E-state index in [9.17, 15) is 4.79 Å². The molecule has 0 bridgehead atoms. The Balaban J connectivity index is 2.00. The number of carbonyl (C=O) groups excluding carboxylic acids is 1. The molecule has 1 amide bonds. The Morgan fingerprint density at radius 3 is 2.14 bits per heavy atom. The van der Waals surface area contributed by atoms with Crippen molar-refractivity contribution in [3.8, 4) is 11.5 Å². The summed E-state index contributed by atoms with van der Waals surface area (Å²) in [4.78, 5) is 12.4. The van der Waals surface area contributed by atoms with Crippen molar-refractivity contribution in [1.29, 1.82) is 0 Å². The van der Waals surface area contributed by atoms with Crippen molar-refractivity contribution >= 4 is 81.9 Å². The molecule has 11 heteroatoms. The van der Waals surface area contributed by atoms with Crippen LogP contribution in [0.3, 0.4) is 0 Å². The maximum absolute atomic E-state index is 12.0. The first-order valence-electron chi connectivity index (χ1n) is 7.48. The minimum atomic E-state index is -0.379. The normalized spacial score (nSPS) is 11.0. The van der Waals surface area contributed by atoms with Crippen molar-refractivity contribution in [2.45, 2.75) is 4.90 Å². The lowest BCUT2D eigenvalue weighted by Gasteiger charge is -2.11. The molecular formula is C17H13Cl5N2O3S. The molecule has 0 atom stereocenters. The van der Waals surface area contributed by atoms with E-state index >= 15 is 0 Å². The lowest BCUT2D eigenvalue weighted by molar-refractivity contribution is -0.118. The van der Waals surface area contributed by atoms with Gasteiger partial charge in [0, 0.05) is 4.90 Å². The van der Waals surface area contributed by atoms with Crippen molar-refractivity contribution in [3.05, 3.63) is 48.9 Å². The third-order valence-electron chi connectivity index (χ3n) is 3.33. The van der Waals surface area contributed by atoms with Crippen molar-refractivity contribution in [2.75, 3.05) is 20.0 Å². The van der Waals surface area contributed by atoms with Crippen LogP contribution in [-0.2, 0) is 4.79 Å². The largest absolute Gasteiger partial charge is 0.493 e. The van der Waals surface area contributed by atoms with Gasteiger partial charge < -0.3 is 9.47 Å². The molecule has 0 unspecified atom stereocenters. The highest BCUT2D eigenvalue weighted by Gasteiger charge is 2.20. The predicted octanol–water partition coefficient (Wildman–Crippen LogP) is 6.21. The molecule has 2 aromatic rings. The van der Waals surface area contributed by atoms with Gasteiger partial charge >= 0.3 is 0 Å². The molecule has 0 saturated carbocycles. The molecular weight excluding hydrogens is 490 g/mol. The molecule has 0 aliphatic rings. The van der Waals surface area contributed by atoms with E-state index in [1.165, 1.54) is 13.3 Å². The average Bonchev–Trinajstić information content (AvgIpc) is 2.70. The number of benzene rings is 2. The van der Waals surface area contributed by atoms with Gasteiger partial charge in [-0.1, -0.05) is 58.0 Å². The minimum absolute atomic E-state index is 0.0169. The van der Waals surface area contributed by atoms with E-state index in [0.29, 0.717) is 22.0 Å². The van der Waals surface area contributed by atoms with Gasteiger partial charge in [-0.25, -0.2) is 5.43 Å². The number of hydrogen-bond acceptors (Lipinski definition) is 5. The first-order chi connectivity index (χ1) is 13.3. The molecule has 0 heterocycles. The summed E-state index contributed by atoms with van der Waals surface area (Å²) in [6, 6.07) is 5.22. The maximum Gasteiger partial charge on any atom is 0.250 e. The number of methoxy groups -OCH3 is 2. The summed E-state index contributed by atoms with van der Waals surface area (Å²) in [5.74, 6) is 0.746. The van der Waals surface area contributed by atoms with Gasteiger partial charge in [-0.15, -0.1) is 11.8 Å². The van der Waals surface area contributed by atoms with Gasteiger partial charge in [0.25, 0.3) is 0 Å². The third-order valence-corrected chi connectivity index (χ3v) is 6.93. The summed E-state index contributed by atoms with van der Waals surface area (Å²) in [5, 5.41) is 4.38. The number of ether oxygens (including phenoxy) is 2. The first-order valence-corrected chi connectivity index (χ1v) is 10.4. The quantitative estimate of drug-likeness (QED) is 0.161. The summed E-state index contributed by atoms with van der Waals surface area (Å²) < 4.78 is 10.4. The Labute approximate surface area is 191 Å². The van der Waals surface area contributed by atoms with E-state index in [4.69, 9.17) is 67.5 Å². The predicted molar refractivity (Wildman–Crippen MR) is 117 cm³/mol. The second-order valence-electron chi connectivity index (χ2n) is 5.10. The van der Waals surface area contributed by atoms with Crippen LogP contribution in [0.2, 0.25) is 25.1 Å². The molecule has 28 heavy (non-hydrogen) atoms. The molecule has 0 aromatic heterocycles. The van der Waals surface area contributed by atoms with Crippen LogP contribution in [0.25, 0.3) is 0 Å². The molecule has 1 N–H and O–H groups in total. The second kappa shape index (κ2) is 10.7. The smallest absolute Gasteiger partial charge is 0.250 e. The SMILES string of the molecule is COc1ccc(/C=N\NC(=O)CSc2c(Cl)c(Cl)c(Cl)c(Cl)c2Cl)cc1OC. The molecule has 0 radical (unpaired) electrons. The number of hydrogen-bond donors (Lipinski definition) is 1. The number of carbonyl (C=O) groups is 1. The topological polar surface area (TPSA) is 59.9 Å². The maximum atomic E-state index is 12.0. The van der Waals surface area contributed by atoms with Crippen molar-refractivity contribution in [1.82, 2.24) is 5.43 Å². The van der Waals surface area contributed by atoms with Gasteiger partial charge in [0.15, 0.2) is 11.5 Å². The van der Waals surface area contributed by atoms with E-state index in [1.807, 2.05) is 0 Å². The monoisotopic (exact) mass is 500 g/mol. The number of halogens is 5. The number of amides is 1. The van der Waals surface area contributed by atoms with Crippen molar-refractivity contribution in [3.63, 3.8) is 0 Å². The summed E-state index contributed by atoms with van der Waals surface area (Å²) in [5.41, 5.74) is 3.12. The number of nitrogens with zero attached hydrogens (tertiary/aromatic N) is 1. The van der Waals surface area contributed by atoms with Gasteiger partial charge in [-0.05, 0) is 23.8 Å². The zero-order valence-corrected chi connectivity index (χ0v) is 19.1. The van der Waals surface area contributed by atoms with Gasteiger partial charge in [0.2, 0.25) is 5.91 Å².